The summed E-state index contributed by atoms with van der Waals surface area (Å²) in [5.74, 6) is 0. The number of hydrogen-bond donors (Lipinski definition) is 1. The third-order valence-corrected chi connectivity index (χ3v) is 3.35. The first-order chi connectivity index (χ1) is 8.31. The highest BCUT2D eigenvalue weighted by Crippen LogP contribution is 2.09. The maximum Gasteiger partial charge on any atom is 0.00707 e. The van der Waals surface area contributed by atoms with Gasteiger partial charge >= 0.3 is 0 Å². The van der Waals surface area contributed by atoms with E-state index in [1.54, 1.807) is 0 Å². The lowest BCUT2D eigenvalue weighted by Crippen LogP contribution is -2.16. The predicted octanol–water partition coefficient (Wildman–Crippen LogP) is 5.20. The predicted molar refractivity (Wildman–Crippen MR) is 79.3 cm³/mol. The van der Waals surface area contributed by atoms with Crippen LogP contribution in [0.15, 0.2) is 12.2 Å². The molecule has 0 aliphatic rings. The maximum absolute atomic E-state index is 5.84. The highest BCUT2D eigenvalue weighted by molar-refractivity contribution is 4.84. The average Bonchev–Trinajstić information content (AvgIpc) is 2.35. The Hall–Kier alpha value is -0.300. The van der Waals surface area contributed by atoms with Crippen LogP contribution in [0.1, 0.15) is 84.5 Å². The number of unbranched alkanes of at least 4 members (excludes halogenated alkanes) is 8. The molecule has 0 saturated heterocycles. The van der Waals surface area contributed by atoms with E-state index in [1.807, 2.05) is 0 Å². The fourth-order valence-corrected chi connectivity index (χ4v) is 1.95. The molecule has 0 aromatic carbocycles. The summed E-state index contributed by atoms with van der Waals surface area (Å²) in [6, 6.07) is 0.366. The van der Waals surface area contributed by atoms with E-state index in [0.717, 1.165) is 12.8 Å². The van der Waals surface area contributed by atoms with Gasteiger partial charge in [-0.25, -0.2) is 0 Å². The highest BCUT2D eigenvalue weighted by atomic mass is 14.6. The van der Waals surface area contributed by atoms with Gasteiger partial charge in [0.15, 0.2) is 0 Å². The standard InChI is InChI=1S/C16H33N/c1-3-5-6-7-8-9-10-11-12-13-14-15-16(17)4-2/h13-14,16H,3-12,15,17H2,1-2H3/b14-13+/t16-/m0/s1. The monoisotopic (exact) mass is 239 g/mol. The van der Waals surface area contributed by atoms with Gasteiger partial charge in [0, 0.05) is 6.04 Å². The number of nitrogens with two attached hydrogens (primary N) is 1. The molecule has 0 unspecified atom stereocenters. The molecule has 0 saturated carbocycles. The van der Waals surface area contributed by atoms with Gasteiger partial charge in [-0.2, -0.15) is 0 Å². The van der Waals surface area contributed by atoms with Gasteiger partial charge in [0.25, 0.3) is 0 Å². The summed E-state index contributed by atoms with van der Waals surface area (Å²) >= 11 is 0. The van der Waals surface area contributed by atoms with E-state index in [4.69, 9.17) is 5.73 Å². The van der Waals surface area contributed by atoms with Crippen molar-refractivity contribution in [3.05, 3.63) is 12.2 Å². The lowest BCUT2D eigenvalue weighted by atomic mass is 10.1. The second kappa shape index (κ2) is 13.8. The fraction of sp³-hybridized carbons (Fsp3) is 0.875. The van der Waals surface area contributed by atoms with E-state index in [-0.39, 0.29) is 0 Å². The molecule has 0 rings (SSSR count). The van der Waals surface area contributed by atoms with Crippen LogP contribution in [0.2, 0.25) is 0 Å². The molecule has 0 aromatic heterocycles. The average molecular weight is 239 g/mol. The van der Waals surface area contributed by atoms with Crippen LogP contribution < -0.4 is 5.73 Å². The summed E-state index contributed by atoms with van der Waals surface area (Å²) in [7, 11) is 0. The zero-order chi connectivity index (χ0) is 12.8. The summed E-state index contributed by atoms with van der Waals surface area (Å²) in [6.45, 7) is 4.42. The van der Waals surface area contributed by atoms with Crippen molar-refractivity contribution in [3.8, 4) is 0 Å². The van der Waals surface area contributed by atoms with Crippen molar-refractivity contribution in [2.24, 2.45) is 5.73 Å². The second-order valence-corrected chi connectivity index (χ2v) is 5.14. The first-order valence-corrected chi connectivity index (χ1v) is 7.71. The molecule has 2 N–H and O–H groups in total. The zero-order valence-corrected chi connectivity index (χ0v) is 12.1. The highest BCUT2D eigenvalue weighted by Gasteiger charge is 1.93. The molecule has 17 heavy (non-hydrogen) atoms. The smallest absolute Gasteiger partial charge is 0.00707 e. The van der Waals surface area contributed by atoms with E-state index >= 15 is 0 Å². The minimum Gasteiger partial charge on any atom is -0.327 e. The molecule has 0 amide bonds. The number of rotatable bonds is 12. The SMILES string of the molecule is CCCCCCCCCC/C=C/C[C@@H](N)CC. The van der Waals surface area contributed by atoms with Gasteiger partial charge in [-0.05, 0) is 25.7 Å². The van der Waals surface area contributed by atoms with Crippen LogP contribution in [0.3, 0.4) is 0 Å². The van der Waals surface area contributed by atoms with Crippen molar-refractivity contribution in [1.82, 2.24) is 0 Å². The van der Waals surface area contributed by atoms with Crippen LogP contribution in [-0.2, 0) is 0 Å². The van der Waals surface area contributed by atoms with Gasteiger partial charge in [-0.3, -0.25) is 0 Å². The van der Waals surface area contributed by atoms with Gasteiger partial charge in [0.2, 0.25) is 0 Å². The lowest BCUT2D eigenvalue weighted by Gasteiger charge is -2.03. The van der Waals surface area contributed by atoms with Crippen molar-refractivity contribution >= 4 is 0 Å². The Balaban J connectivity index is 3.07. The minimum absolute atomic E-state index is 0.366. The van der Waals surface area contributed by atoms with Crippen LogP contribution in [0.5, 0.6) is 0 Å². The molecule has 0 spiro atoms. The second-order valence-electron chi connectivity index (χ2n) is 5.14. The first-order valence-electron chi connectivity index (χ1n) is 7.71. The van der Waals surface area contributed by atoms with E-state index in [2.05, 4.69) is 26.0 Å². The van der Waals surface area contributed by atoms with Crippen LogP contribution in [0.4, 0.5) is 0 Å². The van der Waals surface area contributed by atoms with Crippen LogP contribution >= 0.6 is 0 Å². The molecule has 1 heteroatoms. The van der Waals surface area contributed by atoms with Gasteiger partial charge in [0.05, 0.1) is 0 Å². The first kappa shape index (κ1) is 16.7. The van der Waals surface area contributed by atoms with Crippen molar-refractivity contribution in [2.75, 3.05) is 0 Å². The zero-order valence-electron chi connectivity index (χ0n) is 12.1. The van der Waals surface area contributed by atoms with Crippen molar-refractivity contribution in [3.63, 3.8) is 0 Å². The van der Waals surface area contributed by atoms with Gasteiger partial charge < -0.3 is 5.73 Å². The topological polar surface area (TPSA) is 26.0 Å². The van der Waals surface area contributed by atoms with E-state index in [9.17, 15) is 0 Å². The van der Waals surface area contributed by atoms with E-state index in [1.165, 1.54) is 57.8 Å². The maximum atomic E-state index is 5.84. The van der Waals surface area contributed by atoms with Crippen molar-refractivity contribution < 1.29 is 0 Å². The van der Waals surface area contributed by atoms with Crippen LogP contribution in [0, 0.1) is 0 Å². The Morgan fingerprint density at radius 1 is 0.824 bits per heavy atom. The molecule has 0 fully saturated rings. The van der Waals surface area contributed by atoms with Gasteiger partial charge in [0.1, 0.15) is 0 Å². The molecule has 0 radical (unpaired) electrons. The van der Waals surface area contributed by atoms with E-state index < -0.39 is 0 Å². The molecule has 0 heterocycles. The normalized spacial score (nSPS) is 13.4. The molecule has 1 nitrogen and oxygen atoms in total. The molecule has 0 bridgehead atoms. The van der Waals surface area contributed by atoms with Crippen LogP contribution in [0.25, 0.3) is 0 Å². The van der Waals surface area contributed by atoms with Gasteiger partial charge in [-0.15, -0.1) is 0 Å². The Kier molecular flexibility index (Phi) is 13.5. The van der Waals surface area contributed by atoms with Gasteiger partial charge in [-0.1, -0.05) is 70.9 Å². The Morgan fingerprint density at radius 2 is 1.41 bits per heavy atom. The number of hydrogen-bond acceptors (Lipinski definition) is 1. The summed E-state index contributed by atoms with van der Waals surface area (Å²) < 4.78 is 0. The third kappa shape index (κ3) is 13.6. The Morgan fingerprint density at radius 3 is 2.00 bits per heavy atom. The molecule has 1 atom stereocenters. The molecule has 0 aliphatic carbocycles. The largest absolute Gasteiger partial charge is 0.327 e. The van der Waals surface area contributed by atoms with Crippen LogP contribution in [-0.4, -0.2) is 6.04 Å². The summed E-state index contributed by atoms with van der Waals surface area (Å²) in [4.78, 5) is 0. The lowest BCUT2D eigenvalue weighted by molar-refractivity contribution is 0.577. The Labute approximate surface area is 109 Å². The summed E-state index contributed by atoms with van der Waals surface area (Å²) in [5, 5.41) is 0. The van der Waals surface area contributed by atoms with E-state index in [0.29, 0.717) is 6.04 Å². The molecule has 102 valence electrons. The summed E-state index contributed by atoms with van der Waals surface area (Å²) in [5.41, 5.74) is 5.84. The fourth-order valence-electron chi connectivity index (χ4n) is 1.95. The minimum atomic E-state index is 0.366. The molecule has 0 aromatic rings. The molecular formula is C16H33N. The quantitative estimate of drug-likeness (QED) is 0.367. The van der Waals surface area contributed by atoms with Crippen molar-refractivity contribution in [1.29, 1.82) is 0 Å². The number of allylic oxidation sites excluding steroid dienone is 1. The summed E-state index contributed by atoms with van der Waals surface area (Å²) in [6.07, 6.45) is 19.2. The molecule has 0 aliphatic heterocycles. The van der Waals surface area contributed by atoms with Crippen molar-refractivity contribution in [2.45, 2.75) is 90.5 Å². The Bertz CT molecular complexity index is 163. The molecular weight excluding hydrogens is 206 g/mol. The third-order valence-electron chi connectivity index (χ3n) is 3.35.